The fraction of sp³-hybridized carbons (Fsp3) is 0.250. The number of anilines is 1. The van der Waals surface area contributed by atoms with Crippen molar-refractivity contribution in [2.24, 2.45) is 5.73 Å². The van der Waals surface area contributed by atoms with E-state index in [0.717, 1.165) is 5.56 Å². The molecule has 6 nitrogen and oxygen atoms in total. The largest absolute Gasteiger partial charge is 0.328 e. The number of nitrogens with one attached hydrogen (secondary N) is 1. The summed E-state index contributed by atoms with van der Waals surface area (Å²) >= 11 is 0. The molecule has 0 unspecified atom stereocenters. The molecule has 3 N–H and O–H groups in total. The van der Waals surface area contributed by atoms with Gasteiger partial charge in [0.1, 0.15) is 0 Å². The Morgan fingerprint density at radius 1 is 1.44 bits per heavy atom. The number of rotatable bonds is 4. The van der Waals surface area contributed by atoms with Crippen LogP contribution in [0.2, 0.25) is 0 Å². The van der Waals surface area contributed by atoms with Crippen molar-refractivity contribution in [2.75, 3.05) is 5.32 Å². The third kappa shape index (κ3) is 3.14. The van der Waals surface area contributed by atoms with E-state index in [0.29, 0.717) is 12.2 Å². The minimum atomic E-state index is -0.653. The monoisotopic (exact) mass is 246 g/mol. The van der Waals surface area contributed by atoms with E-state index < -0.39 is 6.04 Å². The second-order valence-corrected chi connectivity index (χ2v) is 3.93. The van der Waals surface area contributed by atoms with Gasteiger partial charge < -0.3 is 10.3 Å². The highest BCUT2D eigenvalue weighted by Gasteiger charge is 2.16. The lowest BCUT2D eigenvalue weighted by Gasteiger charge is -2.09. The molecule has 0 radical (unpaired) electrons. The van der Waals surface area contributed by atoms with Crippen LogP contribution in [-0.4, -0.2) is 22.1 Å². The average molecular weight is 246 g/mol. The molecule has 2 aromatic rings. The summed E-state index contributed by atoms with van der Waals surface area (Å²) in [7, 11) is 0. The average Bonchev–Trinajstić information content (AvgIpc) is 2.76. The smallest absolute Gasteiger partial charge is 0.320 e. The van der Waals surface area contributed by atoms with Crippen molar-refractivity contribution in [2.45, 2.75) is 19.4 Å². The zero-order valence-corrected chi connectivity index (χ0v) is 9.96. The SMILES string of the molecule is Cc1noc(NC(=O)[C@@H](N)Cc2ccccc2)n1. The van der Waals surface area contributed by atoms with Gasteiger partial charge in [0.05, 0.1) is 6.04 Å². The number of benzene rings is 1. The first-order valence-electron chi connectivity index (χ1n) is 5.56. The molecule has 0 aliphatic rings. The van der Waals surface area contributed by atoms with E-state index >= 15 is 0 Å². The molecule has 0 spiro atoms. The van der Waals surface area contributed by atoms with Crippen LogP contribution >= 0.6 is 0 Å². The predicted molar refractivity (Wildman–Crippen MR) is 65.8 cm³/mol. The zero-order chi connectivity index (χ0) is 13.0. The summed E-state index contributed by atoms with van der Waals surface area (Å²) in [6, 6.07) is 8.98. The second kappa shape index (κ2) is 5.42. The molecule has 0 aliphatic carbocycles. The molecule has 1 aromatic heterocycles. The fourth-order valence-corrected chi connectivity index (χ4v) is 1.51. The summed E-state index contributed by atoms with van der Waals surface area (Å²) in [6.07, 6.45) is 0.458. The zero-order valence-electron chi connectivity index (χ0n) is 9.96. The molecule has 18 heavy (non-hydrogen) atoms. The minimum Gasteiger partial charge on any atom is -0.320 e. The maximum Gasteiger partial charge on any atom is 0.328 e. The first-order valence-corrected chi connectivity index (χ1v) is 5.56. The minimum absolute atomic E-state index is 0.0704. The van der Waals surface area contributed by atoms with Crippen LogP contribution in [0, 0.1) is 6.92 Å². The van der Waals surface area contributed by atoms with Gasteiger partial charge in [-0.1, -0.05) is 35.5 Å². The van der Waals surface area contributed by atoms with Crippen molar-refractivity contribution in [3.8, 4) is 0 Å². The van der Waals surface area contributed by atoms with E-state index in [-0.39, 0.29) is 11.9 Å². The molecule has 6 heteroatoms. The topological polar surface area (TPSA) is 94.0 Å². The van der Waals surface area contributed by atoms with Crippen LogP contribution in [0.1, 0.15) is 11.4 Å². The lowest BCUT2D eigenvalue weighted by Crippen LogP contribution is -2.37. The van der Waals surface area contributed by atoms with Crippen LogP contribution in [0.4, 0.5) is 6.01 Å². The molecule has 1 heterocycles. The molecule has 0 saturated heterocycles. The van der Waals surface area contributed by atoms with Gasteiger partial charge in [-0.25, -0.2) is 0 Å². The fourth-order valence-electron chi connectivity index (χ4n) is 1.51. The maximum atomic E-state index is 11.8. The quantitative estimate of drug-likeness (QED) is 0.835. The van der Waals surface area contributed by atoms with Crippen LogP contribution in [0.25, 0.3) is 0 Å². The van der Waals surface area contributed by atoms with Crippen LogP contribution in [0.15, 0.2) is 34.9 Å². The van der Waals surface area contributed by atoms with E-state index in [1.807, 2.05) is 30.3 Å². The Kier molecular flexibility index (Phi) is 3.69. The van der Waals surface area contributed by atoms with E-state index in [1.165, 1.54) is 0 Å². The summed E-state index contributed by atoms with van der Waals surface area (Å²) in [6.45, 7) is 1.67. The van der Waals surface area contributed by atoms with Crippen molar-refractivity contribution in [3.05, 3.63) is 41.7 Å². The molecule has 0 saturated carbocycles. The molecule has 94 valence electrons. The third-order valence-electron chi connectivity index (χ3n) is 2.39. The number of nitrogens with two attached hydrogens (primary N) is 1. The highest BCUT2D eigenvalue weighted by molar-refractivity contribution is 5.93. The maximum absolute atomic E-state index is 11.8. The van der Waals surface area contributed by atoms with Crippen molar-refractivity contribution >= 4 is 11.9 Å². The number of aryl methyl sites for hydroxylation is 1. The molecule has 1 amide bonds. The van der Waals surface area contributed by atoms with E-state index in [4.69, 9.17) is 10.3 Å². The number of carbonyl (C=O) groups excluding carboxylic acids is 1. The van der Waals surface area contributed by atoms with Crippen molar-refractivity contribution < 1.29 is 9.32 Å². The molecule has 0 aliphatic heterocycles. The first-order chi connectivity index (χ1) is 8.65. The van der Waals surface area contributed by atoms with Crippen molar-refractivity contribution in [3.63, 3.8) is 0 Å². The van der Waals surface area contributed by atoms with Crippen LogP contribution < -0.4 is 11.1 Å². The van der Waals surface area contributed by atoms with Crippen LogP contribution in [0.3, 0.4) is 0 Å². The predicted octanol–water partition coefficient (Wildman–Crippen LogP) is 0.887. The summed E-state index contributed by atoms with van der Waals surface area (Å²) in [5.41, 5.74) is 6.80. The summed E-state index contributed by atoms with van der Waals surface area (Å²) < 4.78 is 4.79. The normalized spacial score (nSPS) is 12.1. The van der Waals surface area contributed by atoms with Gasteiger partial charge in [-0.3, -0.25) is 10.1 Å². The molecule has 0 fully saturated rings. The Bertz CT molecular complexity index is 524. The summed E-state index contributed by atoms with van der Waals surface area (Å²) in [5, 5.41) is 6.05. The second-order valence-electron chi connectivity index (χ2n) is 3.93. The highest BCUT2D eigenvalue weighted by atomic mass is 16.5. The van der Waals surface area contributed by atoms with Crippen molar-refractivity contribution in [1.29, 1.82) is 0 Å². The van der Waals surface area contributed by atoms with Gasteiger partial charge in [0.15, 0.2) is 5.82 Å². The lowest BCUT2D eigenvalue weighted by molar-refractivity contribution is -0.117. The number of carbonyl (C=O) groups is 1. The van der Waals surface area contributed by atoms with Gasteiger partial charge in [-0.2, -0.15) is 4.98 Å². The molecule has 1 atom stereocenters. The Morgan fingerprint density at radius 3 is 2.78 bits per heavy atom. The summed E-state index contributed by atoms with van der Waals surface area (Å²) in [4.78, 5) is 15.6. The Labute approximate surface area is 104 Å². The Morgan fingerprint density at radius 2 is 2.17 bits per heavy atom. The lowest BCUT2D eigenvalue weighted by atomic mass is 10.1. The number of hydrogen-bond acceptors (Lipinski definition) is 5. The standard InChI is InChI=1S/C12H14N4O2/c1-8-14-12(18-16-8)15-11(17)10(13)7-9-5-3-2-4-6-9/h2-6,10H,7,13H2,1H3,(H,14,15,16,17)/t10-/m0/s1. The van der Waals surface area contributed by atoms with Gasteiger partial charge in [0.25, 0.3) is 0 Å². The number of nitrogens with zero attached hydrogens (tertiary/aromatic N) is 2. The number of aromatic nitrogens is 2. The summed E-state index contributed by atoms with van der Waals surface area (Å²) in [5.74, 6) is 0.115. The number of amides is 1. The highest BCUT2D eigenvalue weighted by Crippen LogP contribution is 2.05. The van der Waals surface area contributed by atoms with Crippen LogP contribution in [0.5, 0.6) is 0 Å². The van der Waals surface area contributed by atoms with E-state index in [1.54, 1.807) is 6.92 Å². The Hall–Kier alpha value is -2.21. The van der Waals surface area contributed by atoms with Gasteiger partial charge in [0.2, 0.25) is 5.91 Å². The molecule has 0 bridgehead atoms. The molecule has 2 rings (SSSR count). The van der Waals surface area contributed by atoms with E-state index in [9.17, 15) is 4.79 Å². The molecular weight excluding hydrogens is 232 g/mol. The van der Waals surface area contributed by atoms with Gasteiger partial charge in [-0.15, -0.1) is 0 Å². The van der Waals surface area contributed by atoms with Crippen molar-refractivity contribution in [1.82, 2.24) is 10.1 Å². The van der Waals surface area contributed by atoms with Gasteiger partial charge >= 0.3 is 6.01 Å². The molecular formula is C12H14N4O2. The van der Waals surface area contributed by atoms with E-state index in [2.05, 4.69) is 15.5 Å². The van der Waals surface area contributed by atoms with Gasteiger partial charge in [-0.05, 0) is 18.9 Å². The Balaban J connectivity index is 1.93. The number of hydrogen-bond donors (Lipinski definition) is 2. The first kappa shape index (κ1) is 12.3. The van der Waals surface area contributed by atoms with Crippen LogP contribution in [-0.2, 0) is 11.2 Å². The third-order valence-corrected chi connectivity index (χ3v) is 2.39. The molecule has 1 aromatic carbocycles. The van der Waals surface area contributed by atoms with Gasteiger partial charge in [0, 0.05) is 0 Å².